The van der Waals surface area contributed by atoms with E-state index in [0.29, 0.717) is 5.82 Å². The van der Waals surface area contributed by atoms with Crippen LogP contribution in [0.2, 0.25) is 0 Å². The van der Waals surface area contributed by atoms with E-state index in [1.807, 2.05) is 16.8 Å². The third-order valence-electron chi connectivity index (χ3n) is 2.14. The molecule has 0 bridgehead atoms. The Bertz CT molecular complexity index is 598. The highest BCUT2D eigenvalue weighted by Gasteiger charge is 2.09. The largest absolute Gasteiger partial charge is 0.382 e. The van der Waals surface area contributed by atoms with Gasteiger partial charge in [0.05, 0.1) is 11.9 Å². The molecule has 15 heavy (non-hydrogen) atoms. The van der Waals surface area contributed by atoms with Gasteiger partial charge in [0.15, 0.2) is 5.82 Å². The van der Waals surface area contributed by atoms with Gasteiger partial charge in [0.1, 0.15) is 17.4 Å². The zero-order chi connectivity index (χ0) is 10.3. The minimum absolute atomic E-state index is 0.448. The van der Waals surface area contributed by atoms with Crippen molar-refractivity contribution in [3.63, 3.8) is 0 Å². The molecule has 0 radical (unpaired) electrons. The van der Waals surface area contributed by atoms with E-state index >= 15 is 0 Å². The normalized spacial score (nSPS) is 10.9. The third kappa shape index (κ3) is 1.18. The van der Waals surface area contributed by atoms with Crippen LogP contribution >= 0.6 is 11.3 Å². The predicted octanol–water partition coefficient (Wildman–Crippen LogP) is 1.46. The summed E-state index contributed by atoms with van der Waals surface area (Å²) >= 11 is 1.61. The van der Waals surface area contributed by atoms with Gasteiger partial charge in [-0.25, -0.2) is 14.6 Å². The number of nitrogen functional groups attached to an aromatic ring is 1. The van der Waals surface area contributed by atoms with Gasteiger partial charge in [0, 0.05) is 5.38 Å². The molecule has 0 aromatic carbocycles. The molecule has 0 aliphatic heterocycles. The minimum atomic E-state index is 0.448. The zero-order valence-corrected chi connectivity index (χ0v) is 8.48. The second-order valence-corrected chi connectivity index (χ2v) is 3.81. The summed E-state index contributed by atoms with van der Waals surface area (Å²) in [6.07, 6.45) is 3.13. The van der Waals surface area contributed by atoms with Gasteiger partial charge in [-0.2, -0.15) is 16.4 Å². The van der Waals surface area contributed by atoms with Gasteiger partial charge in [-0.15, -0.1) is 0 Å². The number of nitrogens with zero attached hydrogens (tertiary/aromatic N) is 4. The molecule has 0 unspecified atom stereocenters. The van der Waals surface area contributed by atoms with Gasteiger partial charge in [-0.3, -0.25) is 0 Å². The number of anilines is 1. The Hall–Kier alpha value is -1.95. The van der Waals surface area contributed by atoms with Crippen molar-refractivity contribution in [1.29, 1.82) is 0 Å². The Morgan fingerprint density at radius 1 is 1.33 bits per heavy atom. The summed E-state index contributed by atoms with van der Waals surface area (Å²) in [6, 6.07) is 1.98. The van der Waals surface area contributed by atoms with Gasteiger partial charge >= 0.3 is 0 Å². The van der Waals surface area contributed by atoms with Crippen LogP contribution in [0.1, 0.15) is 0 Å². The molecule has 0 saturated carbocycles. The summed E-state index contributed by atoms with van der Waals surface area (Å²) < 4.78 is 1.75. The molecule has 0 fully saturated rings. The summed E-state index contributed by atoms with van der Waals surface area (Å²) in [5.74, 6) is 0.448. The maximum atomic E-state index is 5.80. The Labute approximate surface area is 89.2 Å². The molecule has 0 spiro atoms. The molecule has 5 nitrogen and oxygen atoms in total. The second-order valence-electron chi connectivity index (χ2n) is 3.03. The van der Waals surface area contributed by atoms with Crippen LogP contribution in [0.5, 0.6) is 0 Å². The van der Waals surface area contributed by atoms with Crippen molar-refractivity contribution in [2.75, 3.05) is 5.73 Å². The first-order chi connectivity index (χ1) is 7.36. The van der Waals surface area contributed by atoms with Crippen LogP contribution in [0.15, 0.2) is 29.4 Å². The quantitative estimate of drug-likeness (QED) is 0.670. The fraction of sp³-hybridized carbons (Fsp3) is 0. The Kier molecular flexibility index (Phi) is 1.69. The fourth-order valence-corrected chi connectivity index (χ4v) is 2.08. The summed E-state index contributed by atoms with van der Waals surface area (Å²) in [5.41, 5.74) is 8.30. The number of hydrogen-bond donors (Lipinski definition) is 1. The van der Waals surface area contributed by atoms with Crippen molar-refractivity contribution in [2.24, 2.45) is 0 Å². The van der Waals surface area contributed by atoms with Crippen LogP contribution in [0.4, 0.5) is 5.82 Å². The van der Waals surface area contributed by atoms with Crippen LogP contribution in [-0.4, -0.2) is 19.7 Å². The van der Waals surface area contributed by atoms with E-state index in [2.05, 4.69) is 15.1 Å². The van der Waals surface area contributed by atoms with Crippen LogP contribution in [0, 0.1) is 0 Å². The van der Waals surface area contributed by atoms with Crippen LogP contribution in [0.3, 0.4) is 0 Å². The van der Waals surface area contributed by atoms with E-state index in [1.54, 1.807) is 22.2 Å². The standard InChI is InChI=1S/C9H7N5S/c10-9-8-7(11-5-12-9)3-13-14(8)6-1-2-15-4-6/h1-5H,(H2,10,11,12). The highest BCUT2D eigenvalue weighted by Crippen LogP contribution is 2.21. The zero-order valence-electron chi connectivity index (χ0n) is 7.66. The highest BCUT2D eigenvalue weighted by molar-refractivity contribution is 7.08. The number of nitrogens with two attached hydrogens (primary N) is 1. The van der Waals surface area contributed by atoms with Gasteiger partial charge in [-0.1, -0.05) is 0 Å². The number of thiophene rings is 1. The molecule has 0 aliphatic carbocycles. The molecular weight excluding hydrogens is 210 g/mol. The maximum Gasteiger partial charge on any atom is 0.153 e. The first-order valence-electron chi connectivity index (χ1n) is 4.33. The molecule has 3 aromatic rings. The molecule has 0 atom stereocenters. The molecular formula is C9H7N5S. The van der Waals surface area contributed by atoms with E-state index < -0.39 is 0 Å². The Balaban J connectivity index is 2.37. The van der Waals surface area contributed by atoms with Crippen molar-refractivity contribution in [2.45, 2.75) is 0 Å². The SMILES string of the molecule is Nc1ncnc2cnn(-c3ccsc3)c12. The molecule has 3 rings (SSSR count). The summed E-state index contributed by atoms with van der Waals surface area (Å²) in [6.45, 7) is 0. The van der Waals surface area contributed by atoms with Crippen molar-refractivity contribution >= 4 is 28.2 Å². The Morgan fingerprint density at radius 2 is 2.27 bits per heavy atom. The molecule has 6 heteroatoms. The van der Waals surface area contributed by atoms with Crippen molar-refractivity contribution < 1.29 is 0 Å². The van der Waals surface area contributed by atoms with Crippen LogP contribution in [0.25, 0.3) is 16.7 Å². The molecule has 74 valence electrons. The first kappa shape index (κ1) is 8.37. The molecule has 0 amide bonds. The third-order valence-corrected chi connectivity index (χ3v) is 2.81. The number of hydrogen-bond acceptors (Lipinski definition) is 5. The van der Waals surface area contributed by atoms with Gasteiger partial charge in [-0.05, 0) is 11.4 Å². The van der Waals surface area contributed by atoms with E-state index in [1.165, 1.54) is 6.33 Å². The van der Waals surface area contributed by atoms with Crippen LogP contribution < -0.4 is 5.73 Å². The van der Waals surface area contributed by atoms with E-state index in [4.69, 9.17) is 5.73 Å². The fourth-order valence-electron chi connectivity index (χ4n) is 1.46. The average molecular weight is 217 g/mol. The molecule has 3 heterocycles. The van der Waals surface area contributed by atoms with E-state index in [0.717, 1.165) is 16.7 Å². The smallest absolute Gasteiger partial charge is 0.153 e. The summed E-state index contributed by atoms with van der Waals surface area (Å²) in [4.78, 5) is 8.06. The first-order valence-corrected chi connectivity index (χ1v) is 5.27. The lowest BCUT2D eigenvalue weighted by Gasteiger charge is -2.00. The topological polar surface area (TPSA) is 69.6 Å². The molecule has 0 aliphatic rings. The average Bonchev–Trinajstić information content (AvgIpc) is 2.85. The van der Waals surface area contributed by atoms with E-state index in [9.17, 15) is 0 Å². The summed E-state index contributed by atoms with van der Waals surface area (Å²) in [7, 11) is 0. The maximum absolute atomic E-state index is 5.80. The number of aromatic nitrogens is 4. The minimum Gasteiger partial charge on any atom is -0.382 e. The lowest BCUT2D eigenvalue weighted by molar-refractivity contribution is 0.914. The van der Waals surface area contributed by atoms with E-state index in [-0.39, 0.29) is 0 Å². The van der Waals surface area contributed by atoms with Gasteiger partial charge < -0.3 is 5.73 Å². The number of fused-ring (bicyclic) bond motifs is 1. The summed E-state index contributed by atoms with van der Waals surface area (Å²) in [5, 5.41) is 8.23. The second kappa shape index (κ2) is 3.03. The monoisotopic (exact) mass is 217 g/mol. The molecule has 3 aromatic heterocycles. The van der Waals surface area contributed by atoms with Crippen molar-refractivity contribution in [3.05, 3.63) is 29.4 Å². The molecule has 2 N–H and O–H groups in total. The van der Waals surface area contributed by atoms with Crippen molar-refractivity contribution in [3.8, 4) is 5.69 Å². The molecule has 0 saturated heterocycles. The number of rotatable bonds is 1. The lowest BCUT2D eigenvalue weighted by atomic mass is 10.4. The van der Waals surface area contributed by atoms with Gasteiger partial charge in [0.25, 0.3) is 0 Å². The Morgan fingerprint density at radius 3 is 3.07 bits per heavy atom. The van der Waals surface area contributed by atoms with Crippen molar-refractivity contribution in [1.82, 2.24) is 19.7 Å². The lowest BCUT2D eigenvalue weighted by Crippen LogP contribution is -1.99. The highest BCUT2D eigenvalue weighted by atomic mass is 32.1. The van der Waals surface area contributed by atoms with Gasteiger partial charge in [0.2, 0.25) is 0 Å². The van der Waals surface area contributed by atoms with Crippen LogP contribution in [-0.2, 0) is 0 Å². The predicted molar refractivity (Wildman–Crippen MR) is 58.9 cm³/mol.